The highest BCUT2D eigenvalue weighted by Gasteiger charge is 2.21. The number of nitrogens with one attached hydrogen (secondary N) is 1. The standard InChI is InChI=1S/C14H16ClN3S.2ClH/c15-11-4-2-1-3-9(11)8-17-10-5-6-12-13(7-10)19-14(16)18-12;;/h1-4,10,17H,5-8H2,(H2,16,18);2*1H. The van der Waals surface area contributed by atoms with Gasteiger partial charge in [-0.2, -0.15) is 0 Å². The lowest BCUT2D eigenvalue weighted by Crippen LogP contribution is -2.33. The molecule has 1 aromatic carbocycles. The molecule has 0 fully saturated rings. The first-order chi connectivity index (χ1) is 9.22. The number of thiazole rings is 1. The van der Waals surface area contributed by atoms with E-state index in [0.717, 1.165) is 36.4 Å². The molecule has 0 bridgehead atoms. The first-order valence-corrected chi connectivity index (χ1v) is 7.62. The molecule has 1 unspecified atom stereocenters. The molecular formula is C14H18Cl3N3S. The van der Waals surface area contributed by atoms with Crippen LogP contribution >= 0.6 is 47.8 Å². The molecule has 0 amide bonds. The fraction of sp³-hybridized carbons (Fsp3) is 0.357. The van der Waals surface area contributed by atoms with E-state index in [1.807, 2.05) is 18.2 Å². The van der Waals surface area contributed by atoms with Crippen molar-refractivity contribution in [1.82, 2.24) is 10.3 Å². The van der Waals surface area contributed by atoms with Gasteiger partial charge in [-0.3, -0.25) is 0 Å². The van der Waals surface area contributed by atoms with Gasteiger partial charge in [0.15, 0.2) is 5.13 Å². The molecule has 1 atom stereocenters. The van der Waals surface area contributed by atoms with Gasteiger partial charge in [0.1, 0.15) is 0 Å². The Balaban J connectivity index is 0.00000110. The van der Waals surface area contributed by atoms with Gasteiger partial charge in [-0.05, 0) is 30.9 Å². The number of nitrogens with zero attached hydrogens (tertiary/aromatic N) is 1. The van der Waals surface area contributed by atoms with Crippen molar-refractivity contribution in [2.24, 2.45) is 0 Å². The fourth-order valence-corrected chi connectivity index (χ4v) is 3.63. The molecule has 0 saturated heterocycles. The van der Waals surface area contributed by atoms with Crippen molar-refractivity contribution in [3.8, 4) is 0 Å². The number of aromatic nitrogens is 1. The predicted molar refractivity (Wildman–Crippen MR) is 95.1 cm³/mol. The number of nitrogen functional groups attached to an aromatic ring is 1. The minimum absolute atomic E-state index is 0. The third-order valence-corrected chi connectivity index (χ3v) is 4.81. The molecule has 0 saturated carbocycles. The average Bonchev–Trinajstić information content (AvgIpc) is 2.77. The van der Waals surface area contributed by atoms with Crippen LogP contribution in [-0.2, 0) is 19.4 Å². The van der Waals surface area contributed by atoms with Crippen molar-refractivity contribution in [2.45, 2.75) is 31.8 Å². The summed E-state index contributed by atoms with van der Waals surface area (Å²) in [4.78, 5) is 5.70. The summed E-state index contributed by atoms with van der Waals surface area (Å²) in [6.07, 6.45) is 3.15. The van der Waals surface area contributed by atoms with E-state index in [1.54, 1.807) is 11.3 Å². The maximum absolute atomic E-state index is 6.16. The van der Waals surface area contributed by atoms with Crippen molar-refractivity contribution in [1.29, 1.82) is 0 Å². The molecule has 1 heterocycles. The lowest BCUT2D eigenvalue weighted by Gasteiger charge is -2.22. The molecule has 2 aromatic rings. The largest absolute Gasteiger partial charge is 0.375 e. The number of anilines is 1. The van der Waals surface area contributed by atoms with E-state index in [4.69, 9.17) is 17.3 Å². The van der Waals surface area contributed by atoms with Crippen molar-refractivity contribution >= 4 is 52.9 Å². The van der Waals surface area contributed by atoms with E-state index < -0.39 is 0 Å². The molecule has 1 aromatic heterocycles. The van der Waals surface area contributed by atoms with Gasteiger partial charge in [0, 0.05) is 22.5 Å². The molecular weight excluding hydrogens is 349 g/mol. The van der Waals surface area contributed by atoms with E-state index in [0.29, 0.717) is 11.2 Å². The molecule has 1 aliphatic rings. The molecule has 0 radical (unpaired) electrons. The van der Waals surface area contributed by atoms with Crippen LogP contribution in [0.2, 0.25) is 5.02 Å². The monoisotopic (exact) mass is 365 g/mol. The van der Waals surface area contributed by atoms with Crippen LogP contribution in [0.5, 0.6) is 0 Å². The summed E-state index contributed by atoms with van der Waals surface area (Å²) in [5.74, 6) is 0. The molecule has 116 valence electrons. The van der Waals surface area contributed by atoms with Crippen LogP contribution < -0.4 is 11.1 Å². The maximum atomic E-state index is 6.16. The number of fused-ring (bicyclic) bond motifs is 1. The van der Waals surface area contributed by atoms with Gasteiger partial charge in [0.25, 0.3) is 0 Å². The average molecular weight is 367 g/mol. The van der Waals surface area contributed by atoms with Crippen LogP contribution in [0.3, 0.4) is 0 Å². The van der Waals surface area contributed by atoms with Gasteiger partial charge in [0.05, 0.1) is 5.69 Å². The Bertz CT molecular complexity index is 589. The van der Waals surface area contributed by atoms with Crippen LogP contribution in [0.15, 0.2) is 24.3 Å². The summed E-state index contributed by atoms with van der Waals surface area (Å²) < 4.78 is 0. The van der Waals surface area contributed by atoms with Gasteiger partial charge < -0.3 is 11.1 Å². The van der Waals surface area contributed by atoms with E-state index in [1.165, 1.54) is 10.6 Å². The lowest BCUT2D eigenvalue weighted by atomic mass is 9.97. The summed E-state index contributed by atoms with van der Waals surface area (Å²) in [6.45, 7) is 0.813. The number of aryl methyl sites for hydroxylation is 1. The third kappa shape index (κ3) is 4.47. The van der Waals surface area contributed by atoms with Gasteiger partial charge in [0.2, 0.25) is 0 Å². The number of rotatable bonds is 3. The first-order valence-electron chi connectivity index (χ1n) is 6.43. The second kappa shape index (κ2) is 8.20. The molecule has 3 nitrogen and oxygen atoms in total. The van der Waals surface area contributed by atoms with E-state index >= 15 is 0 Å². The summed E-state index contributed by atoms with van der Waals surface area (Å²) in [5.41, 5.74) is 8.10. The molecule has 7 heteroatoms. The smallest absolute Gasteiger partial charge is 0.180 e. The molecule has 0 spiro atoms. The minimum atomic E-state index is 0. The third-order valence-electron chi connectivity index (χ3n) is 3.50. The highest BCUT2D eigenvalue weighted by molar-refractivity contribution is 7.15. The molecule has 3 N–H and O–H groups in total. The second-order valence-electron chi connectivity index (χ2n) is 4.83. The second-order valence-corrected chi connectivity index (χ2v) is 6.36. The van der Waals surface area contributed by atoms with Gasteiger partial charge in [-0.25, -0.2) is 4.98 Å². The maximum Gasteiger partial charge on any atom is 0.180 e. The number of nitrogens with two attached hydrogens (primary N) is 1. The Labute approximate surface area is 146 Å². The summed E-state index contributed by atoms with van der Waals surface area (Å²) in [6, 6.07) is 8.46. The Morgan fingerprint density at radius 3 is 2.86 bits per heavy atom. The van der Waals surface area contributed by atoms with Crippen LogP contribution in [0.1, 0.15) is 22.6 Å². The lowest BCUT2D eigenvalue weighted by molar-refractivity contribution is 0.458. The van der Waals surface area contributed by atoms with Crippen molar-refractivity contribution in [3.63, 3.8) is 0 Å². The van der Waals surface area contributed by atoms with Crippen molar-refractivity contribution in [3.05, 3.63) is 45.4 Å². The zero-order valence-corrected chi connectivity index (χ0v) is 14.5. The Morgan fingerprint density at radius 2 is 2.10 bits per heavy atom. The van der Waals surface area contributed by atoms with Gasteiger partial charge in [-0.1, -0.05) is 29.8 Å². The van der Waals surface area contributed by atoms with Crippen LogP contribution in [-0.4, -0.2) is 11.0 Å². The molecule has 3 rings (SSSR count). The Hall–Kier alpha value is -0.520. The summed E-state index contributed by atoms with van der Waals surface area (Å²) >= 11 is 7.78. The normalized spacial score (nSPS) is 16.5. The SMILES string of the molecule is Cl.Cl.Nc1nc2c(s1)CC(NCc1ccccc1Cl)CC2. The van der Waals surface area contributed by atoms with E-state index in [9.17, 15) is 0 Å². The van der Waals surface area contributed by atoms with Gasteiger partial charge >= 0.3 is 0 Å². The molecule has 1 aliphatic carbocycles. The number of halogens is 3. The topological polar surface area (TPSA) is 50.9 Å². The zero-order valence-electron chi connectivity index (χ0n) is 11.3. The van der Waals surface area contributed by atoms with Crippen molar-refractivity contribution in [2.75, 3.05) is 5.73 Å². The van der Waals surface area contributed by atoms with Crippen LogP contribution in [0.4, 0.5) is 5.13 Å². The zero-order chi connectivity index (χ0) is 13.2. The number of hydrogen-bond acceptors (Lipinski definition) is 4. The highest BCUT2D eigenvalue weighted by Crippen LogP contribution is 2.28. The van der Waals surface area contributed by atoms with Crippen molar-refractivity contribution < 1.29 is 0 Å². The highest BCUT2D eigenvalue weighted by atomic mass is 35.5. The molecule has 21 heavy (non-hydrogen) atoms. The van der Waals surface area contributed by atoms with Crippen LogP contribution in [0, 0.1) is 0 Å². The first kappa shape index (κ1) is 18.5. The Morgan fingerprint density at radius 1 is 1.33 bits per heavy atom. The fourth-order valence-electron chi connectivity index (χ4n) is 2.47. The van der Waals surface area contributed by atoms with E-state index in [2.05, 4.69) is 16.4 Å². The Kier molecular flexibility index (Phi) is 7.24. The number of benzene rings is 1. The summed E-state index contributed by atoms with van der Waals surface area (Å²) in [5, 5.41) is 5.10. The van der Waals surface area contributed by atoms with Gasteiger partial charge in [-0.15, -0.1) is 36.2 Å². The number of hydrogen-bond donors (Lipinski definition) is 2. The molecule has 0 aliphatic heterocycles. The minimum Gasteiger partial charge on any atom is -0.375 e. The summed E-state index contributed by atoms with van der Waals surface area (Å²) in [7, 11) is 0. The van der Waals surface area contributed by atoms with E-state index in [-0.39, 0.29) is 24.8 Å². The van der Waals surface area contributed by atoms with Crippen LogP contribution in [0.25, 0.3) is 0 Å². The predicted octanol–water partition coefficient (Wildman–Crippen LogP) is 3.87. The quantitative estimate of drug-likeness (QED) is 0.867.